The van der Waals surface area contributed by atoms with E-state index in [-0.39, 0.29) is 18.0 Å². The second kappa shape index (κ2) is 5.92. The summed E-state index contributed by atoms with van der Waals surface area (Å²) in [6.45, 7) is -0.923. The average molecular weight is 359 g/mol. The third-order valence-corrected chi connectivity index (χ3v) is 3.21. The highest BCUT2D eigenvalue weighted by molar-refractivity contribution is 9.10. The van der Waals surface area contributed by atoms with Crippen molar-refractivity contribution in [3.8, 4) is 5.75 Å². The van der Waals surface area contributed by atoms with Gasteiger partial charge in [0.25, 0.3) is 0 Å². The molecule has 2 rings (SSSR count). The van der Waals surface area contributed by atoms with Gasteiger partial charge in [0.05, 0.1) is 11.6 Å². The molecule has 1 aliphatic rings. The first-order chi connectivity index (χ1) is 8.44. The van der Waals surface area contributed by atoms with Crippen LogP contribution in [0, 0.1) is 0 Å². The molecule has 0 unspecified atom stereocenters. The molecule has 1 aromatic rings. The number of hydrogen-bond donors (Lipinski definition) is 1. The average Bonchev–Trinajstić information content (AvgIpc) is 2.32. The van der Waals surface area contributed by atoms with Gasteiger partial charge in [-0.15, -0.1) is 12.4 Å². The molecule has 1 heterocycles. The molecule has 0 spiro atoms. The van der Waals surface area contributed by atoms with Crippen molar-refractivity contribution < 1.29 is 23.0 Å². The quantitative estimate of drug-likeness (QED) is 0.882. The maximum atomic E-state index is 13.7. The fraction of sp³-hybridized carbons (Fsp3) is 0.364. The van der Waals surface area contributed by atoms with Gasteiger partial charge in [0, 0.05) is 0 Å². The van der Waals surface area contributed by atoms with Crippen LogP contribution in [-0.2, 0) is 4.74 Å². The van der Waals surface area contributed by atoms with Gasteiger partial charge in [-0.05, 0) is 33.6 Å². The predicted octanol–water partition coefficient (Wildman–Crippen LogP) is 3.30. The van der Waals surface area contributed by atoms with Crippen LogP contribution in [-0.4, -0.2) is 25.7 Å². The van der Waals surface area contributed by atoms with Crippen LogP contribution >= 0.6 is 28.3 Å². The smallest absolute Gasteiger partial charge is 0.408 e. The number of cyclic esters (lactones) is 1. The zero-order chi connectivity index (χ0) is 13.3. The number of carbonyl (C=O) groups is 1. The van der Waals surface area contributed by atoms with Crippen LogP contribution in [0.3, 0.4) is 0 Å². The van der Waals surface area contributed by atoms with Gasteiger partial charge in [-0.1, -0.05) is 6.07 Å². The standard InChI is InChI=1S/C11H10BrF2NO3.ClH/c1-17-8-3-2-6(4-7(8)12)9-11(13,14)5-18-10(16)15-9;/h2-4,9H,5H2,1H3,(H,15,16);1H/t9-;/m1./s1. The molecule has 19 heavy (non-hydrogen) atoms. The van der Waals surface area contributed by atoms with E-state index in [0.29, 0.717) is 10.2 Å². The number of nitrogens with one attached hydrogen (secondary N) is 1. The van der Waals surface area contributed by atoms with Crippen molar-refractivity contribution in [3.05, 3.63) is 28.2 Å². The monoisotopic (exact) mass is 357 g/mol. The first kappa shape index (κ1) is 16.0. The normalized spacial score (nSPS) is 20.8. The third-order valence-electron chi connectivity index (χ3n) is 2.59. The molecule has 0 aliphatic carbocycles. The topological polar surface area (TPSA) is 47.6 Å². The van der Waals surface area contributed by atoms with Crippen LogP contribution in [0.15, 0.2) is 22.7 Å². The molecule has 1 fully saturated rings. The molecule has 1 amide bonds. The number of alkyl halides is 2. The molecule has 1 N–H and O–H groups in total. The summed E-state index contributed by atoms with van der Waals surface area (Å²) >= 11 is 3.21. The summed E-state index contributed by atoms with van der Waals surface area (Å²) in [5, 5.41) is 2.11. The lowest BCUT2D eigenvalue weighted by atomic mass is 10.00. The number of methoxy groups -OCH3 is 1. The first-order valence-electron chi connectivity index (χ1n) is 5.08. The Morgan fingerprint density at radius 1 is 1.53 bits per heavy atom. The van der Waals surface area contributed by atoms with E-state index in [1.807, 2.05) is 0 Å². The van der Waals surface area contributed by atoms with E-state index in [1.54, 1.807) is 6.07 Å². The van der Waals surface area contributed by atoms with E-state index >= 15 is 0 Å². The van der Waals surface area contributed by atoms with Gasteiger partial charge < -0.3 is 14.8 Å². The van der Waals surface area contributed by atoms with Crippen LogP contribution < -0.4 is 10.1 Å². The Kier molecular flexibility index (Phi) is 4.98. The number of halogens is 4. The zero-order valence-corrected chi connectivity index (χ0v) is 12.2. The minimum absolute atomic E-state index is 0. The first-order valence-corrected chi connectivity index (χ1v) is 5.88. The molecule has 0 saturated carbocycles. The predicted molar refractivity (Wildman–Crippen MR) is 70.1 cm³/mol. The zero-order valence-electron chi connectivity index (χ0n) is 9.78. The fourth-order valence-corrected chi connectivity index (χ4v) is 2.26. The lowest BCUT2D eigenvalue weighted by molar-refractivity contribution is -0.104. The fourth-order valence-electron chi connectivity index (χ4n) is 1.70. The van der Waals surface area contributed by atoms with E-state index in [9.17, 15) is 13.6 Å². The van der Waals surface area contributed by atoms with Gasteiger partial charge in [-0.25, -0.2) is 13.6 Å². The van der Waals surface area contributed by atoms with E-state index in [2.05, 4.69) is 26.0 Å². The molecular weight excluding hydrogens is 347 g/mol. The van der Waals surface area contributed by atoms with Crippen molar-refractivity contribution in [3.63, 3.8) is 0 Å². The number of alkyl carbamates (subject to hydrolysis) is 1. The van der Waals surface area contributed by atoms with Gasteiger partial charge in [-0.2, -0.15) is 0 Å². The summed E-state index contributed by atoms with van der Waals surface area (Å²) in [5.74, 6) is -2.62. The van der Waals surface area contributed by atoms with Gasteiger partial charge in [0.2, 0.25) is 0 Å². The Hall–Kier alpha value is -1.08. The van der Waals surface area contributed by atoms with Crippen molar-refractivity contribution in [1.29, 1.82) is 0 Å². The molecule has 1 aliphatic heterocycles. The molecule has 1 atom stereocenters. The van der Waals surface area contributed by atoms with Crippen LogP contribution in [0.2, 0.25) is 0 Å². The van der Waals surface area contributed by atoms with Crippen LogP contribution in [0.5, 0.6) is 5.75 Å². The molecule has 0 aromatic heterocycles. The Balaban J connectivity index is 0.00000180. The van der Waals surface area contributed by atoms with Gasteiger partial charge >= 0.3 is 12.0 Å². The van der Waals surface area contributed by atoms with Gasteiger partial charge in [0.1, 0.15) is 11.8 Å². The lowest BCUT2D eigenvalue weighted by Crippen LogP contribution is -2.49. The summed E-state index contributed by atoms with van der Waals surface area (Å²) < 4.78 is 37.1. The Morgan fingerprint density at radius 3 is 2.79 bits per heavy atom. The second-order valence-electron chi connectivity index (χ2n) is 3.81. The highest BCUT2D eigenvalue weighted by Gasteiger charge is 2.46. The van der Waals surface area contributed by atoms with Crippen LogP contribution in [0.4, 0.5) is 13.6 Å². The van der Waals surface area contributed by atoms with Gasteiger partial charge in [-0.3, -0.25) is 0 Å². The summed E-state index contributed by atoms with van der Waals surface area (Å²) in [6.07, 6.45) is -0.849. The van der Waals surface area contributed by atoms with E-state index < -0.39 is 24.7 Å². The van der Waals surface area contributed by atoms with E-state index in [4.69, 9.17) is 4.74 Å². The summed E-state index contributed by atoms with van der Waals surface area (Å²) in [7, 11) is 1.48. The number of carbonyl (C=O) groups excluding carboxylic acids is 1. The maximum Gasteiger partial charge on any atom is 0.408 e. The summed E-state index contributed by atoms with van der Waals surface area (Å²) in [4.78, 5) is 11.0. The lowest BCUT2D eigenvalue weighted by Gasteiger charge is -2.32. The van der Waals surface area contributed by atoms with E-state index in [1.165, 1.54) is 19.2 Å². The number of rotatable bonds is 2. The molecular formula is C11H11BrClF2NO3. The largest absolute Gasteiger partial charge is 0.496 e. The highest BCUT2D eigenvalue weighted by Crippen LogP contribution is 2.37. The number of ether oxygens (including phenoxy) is 2. The van der Waals surface area contributed by atoms with Crippen molar-refractivity contribution >= 4 is 34.4 Å². The Labute approximate surface area is 123 Å². The van der Waals surface area contributed by atoms with Crippen LogP contribution in [0.25, 0.3) is 0 Å². The number of hydrogen-bond acceptors (Lipinski definition) is 3. The minimum Gasteiger partial charge on any atom is -0.496 e. The van der Waals surface area contributed by atoms with Gasteiger partial charge in [0.15, 0.2) is 6.61 Å². The third kappa shape index (κ3) is 3.27. The summed E-state index contributed by atoms with van der Waals surface area (Å²) in [5.41, 5.74) is 0.282. The second-order valence-corrected chi connectivity index (χ2v) is 4.66. The molecule has 8 heteroatoms. The molecule has 0 bridgehead atoms. The number of benzene rings is 1. The molecule has 4 nitrogen and oxygen atoms in total. The number of amides is 1. The van der Waals surface area contributed by atoms with Crippen molar-refractivity contribution in [1.82, 2.24) is 5.32 Å². The van der Waals surface area contributed by atoms with Crippen molar-refractivity contribution in [2.24, 2.45) is 0 Å². The van der Waals surface area contributed by atoms with Crippen molar-refractivity contribution in [2.75, 3.05) is 13.7 Å². The van der Waals surface area contributed by atoms with Crippen LogP contribution in [0.1, 0.15) is 11.6 Å². The van der Waals surface area contributed by atoms with E-state index in [0.717, 1.165) is 0 Å². The molecule has 0 radical (unpaired) electrons. The Morgan fingerprint density at radius 2 is 2.21 bits per heavy atom. The molecule has 1 saturated heterocycles. The Bertz CT molecular complexity index is 487. The summed E-state index contributed by atoms with van der Waals surface area (Å²) in [6, 6.07) is 3.12. The minimum atomic E-state index is -3.15. The highest BCUT2D eigenvalue weighted by atomic mass is 79.9. The van der Waals surface area contributed by atoms with Crippen molar-refractivity contribution in [2.45, 2.75) is 12.0 Å². The SMILES string of the molecule is COc1ccc([C@H]2NC(=O)OCC2(F)F)cc1Br.Cl. The molecule has 106 valence electrons. The molecule has 1 aromatic carbocycles. The maximum absolute atomic E-state index is 13.7.